The lowest BCUT2D eigenvalue weighted by molar-refractivity contribution is -0.137. The molecule has 1 aromatic carbocycles. The summed E-state index contributed by atoms with van der Waals surface area (Å²) >= 11 is 0. The summed E-state index contributed by atoms with van der Waals surface area (Å²) in [6, 6.07) is 3.25. The second kappa shape index (κ2) is 10.1. The molecule has 1 fully saturated rings. The van der Waals surface area contributed by atoms with Crippen LogP contribution in [0.5, 0.6) is 0 Å². The monoisotopic (exact) mass is 449 g/mol. The van der Waals surface area contributed by atoms with Crippen molar-refractivity contribution >= 4 is 26.4 Å². The lowest BCUT2D eigenvalue weighted by atomic mass is 9.96. The fraction of sp³-hybridized carbons (Fsp3) is 0.600. The highest BCUT2D eigenvalue weighted by atomic mass is 31.0. The SMILES string of the molecule is CC(C)(F)C(=O)NCCN1CCC(CNC(=O)c2cc(P)cc(C(F)(F)F)c2)CC1. The van der Waals surface area contributed by atoms with Crippen LogP contribution in [0.4, 0.5) is 17.6 Å². The van der Waals surface area contributed by atoms with E-state index in [1.807, 2.05) is 0 Å². The number of nitrogens with zero attached hydrogens (tertiary/aromatic N) is 1. The minimum absolute atomic E-state index is 0.0150. The van der Waals surface area contributed by atoms with Gasteiger partial charge in [0.25, 0.3) is 11.8 Å². The van der Waals surface area contributed by atoms with Gasteiger partial charge in [0.2, 0.25) is 0 Å². The van der Waals surface area contributed by atoms with Gasteiger partial charge in [-0.15, -0.1) is 9.24 Å². The third kappa shape index (κ3) is 7.51. The highest BCUT2D eigenvalue weighted by molar-refractivity contribution is 7.27. The third-order valence-electron chi connectivity index (χ3n) is 5.06. The summed E-state index contributed by atoms with van der Waals surface area (Å²) in [5.41, 5.74) is -2.77. The van der Waals surface area contributed by atoms with E-state index < -0.39 is 29.2 Å². The van der Waals surface area contributed by atoms with Crippen LogP contribution in [0.3, 0.4) is 0 Å². The van der Waals surface area contributed by atoms with Gasteiger partial charge < -0.3 is 15.5 Å². The van der Waals surface area contributed by atoms with Crippen LogP contribution in [0.2, 0.25) is 0 Å². The Labute approximate surface area is 176 Å². The van der Waals surface area contributed by atoms with Gasteiger partial charge >= 0.3 is 6.18 Å². The molecular formula is C20H28F4N3O2P. The number of rotatable bonds is 7. The maximum atomic E-state index is 13.5. The zero-order valence-electron chi connectivity index (χ0n) is 17.1. The summed E-state index contributed by atoms with van der Waals surface area (Å²) in [6.45, 7) is 5.33. The van der Waals surface area contributed by atoms with Crippen LogP contribution in [0.15, 0.2) is 18.2 Å². The fourth-order valence-electron chi connectivity index (χ4n) is 3.24. The number of likely N-dealkylation sites (tertiary alicyclic amines) is 1. The Kier molecular flexibility index (Phi) is 8.22. The van der Waals surface area contributed by atoms with Crippen molar-refractivity contribution in [3.63, 3.8) is 0 Å². The summed E-state index contributed by atoms with van der Waals surface area (Å²) in [4.78, 5) is 26.0. The van der Waals surface area contributed by atoms with E-state index in [2.05, 4.69) is 24.8 Å². The zero-order valence-corrected chi connectivity index (χ0v) is 18.3. The maximum Gasteiger partial charge on any atom is 0.416 e. The molecule has 168 valence electrons. The minimum atomic E-state index is -4.51. The number of alkyl halides is 4. The van der Waals surface area contributed by atoms with Crippen LogP contribution >= 0.6 is 9.24 Å². The van der Waals surface area contributed by atoms with E-state index in [9.17, 15) is 27.2 Å². The molecule has 2 N–H and O–H groups in total. The predicted molar refractivity (Wildman–Crippen MR) is 110 cm³/mol. The molecule has 5 nitrogen and oxygen atoms in total. The molecule has 0 aliphatic carbocycles. The Hall–Kier alpha value is -1.73. The molecule has 1 atom stereocenters. The summed E-state index contributed by atoms with van der Waals surface area (Å²) in [7, 11) is 2.19. The van der Waals surface area contributed by atoms with Gasteiger partial charge in [-0.3, -0.25) is 9.59 Å². The number of hydrogen-bond acceptors (Lipinski definition) is 3. The van der Waals surface area contributed by atoms with Crippen molar-refractivity contribution in [3.8, 4) is 0 Å². The quantitative estimate of drug-likeness (QED) is 0.497. The molecule has 10 heteroatoms. The second-order valence-electron chi connectivity index (χ2n) is 8.06. The maximum absolute atomic E-state index is 13.5. The van der Waals surface area contributed by atoms with E-state index in [4.69, 9.17) is 0 Å². The predicted octanol–water partition coefficient (Wildman–Crippen LogP) is 2.51. The average Bonchev–Trinajstić information content (AvgIpc) is 2.65. The Morgan fingerprint density at radius 2 is 1.73 bits per heavy atom. The van der Waals surface area contributed by atoms with Crippen LogP contribution in [0.1, 0.15) is 42.6 Å². The van der Waals surface area contributed by atoms with Crippen molar-refractivity contribution in [1.29, 1.82) is 0 Å². The van der Waals surface area contributed by atoms with Gasteiger partial charge in [-0.25, -0.2) is 4.39 Å². The van der Waals surface area contributed by atoms with Crippen molar-refractivity contribution in [2.75, 3.05) is 32.7 Å². The fourth-order valence-corrected chi connectivity index (χ4v) is 3.60. The number of carbonyl (C=O) groups excluding carboxylic acids is 2. The number of piperidine rings is 1. The summed E-state index contributed by atoms with van der Waals surface area (Å²) in [5, 5.41) is 5.59. The van der Waals surface area contributed by atoms with Crippen molar-refractivity contribution in [3.05, 3.63) is 29.3 Å². The number of amides is 2. The van der Waals surface area contributed by atoms with Crippen LogP contribution < -0.4 is 15.9 Å². The Balaban J connectivity index is 1.75. The van der Waals surface area contributed by atoms with Crippen molar-refractivity contribution in [2.24, 2.45) is 5.92 Å². The van der Waals surface area contributed by atoms with Gasteiger partial charge in [0, 0.05) is 25.2 Å². The molecule has 0 saturated carbocycles. The van der Waals surface area contributed by atoms with Gasteiger partial charge in [-0.1, -0.05) is 0 Å². The normalized spacial score (nSPS) is 16.4. The molecule has 1 aliphatic heterocycles. The topological polar surface area (TPSA) is 61.4 Å². The van der Waals surface area contributed by atoms with Crippen molar-refractivity contribution < 1.29 is 27.2 Å². The summed E-state index contributed by atoms with van der Waals surface area (Å²) in [5.74, 6) is -0.932. The Morgan fingerprint density at radius 3 is 2.30 bits per heavy atom. The third-order valence-corrected chi connectivity index (χ3v) is 5.39. The first-order valence-corrected chi connectivity index (χ1v) is 10.4. The van der Waals surface area contributed by atoms with Gasteiger partial charge in [-0.2, -0.15) is 13.2 Å². The standard InChI is InChI=1S/C20H28F4N3O2P/c1-19(2,21)18(29)25-5-8-27-6-3-13(4-7-27)12-26-17(28)14-9-15(20(22,23)24)11-16(30)10-14/h9-11,13H,3-8,12,30H2,1-2H3,(H,25,29)(H,26,28). The van der Waals surface area contributed by atoms with E-state index >= 15 is 0 Å². The summed E-state index contributed by atoms with van der Waals surface area (Å²) < 4.78 is 52.2. The van der Waals surface area contributed by atoms with Crippen LogP contribution in [0, 0.1) is 5.92 Å². The van der Waals surface area contributed by atoms with Crippen LogP contribution in [-0.2, 0) is 11.0 Å². The van der Waals surface area contributed by atoms with Gasteiger partial charge in [-0.05, 0) is 69.2 Å². The highest BCUT2D eigenvalue weighted by Gasteiger charge is 2.31. The molecule has 2 rings (SSSR count). The van der Waals surface area contributed by atoms with E-state index in [0.29, 0.717) is 24.9 Å². The number of halogens is 4. The van der Waals surface area contributed by atoms with Crippen molar-refractivity contribution in [2.45, 2.75) is 38.5 Å². The first-order valence-electron chi connectivity index (χ1n) is 9.82. The first kappa shape index (κ1) is 24.5. The molecule has 1 heterocycles. The van der Waals surface area contributed by atoms with Crippen LogP contribution in [-0.4, -0.2) is 55.1 Å². The molecule has 1 saturated heterocycles. The van der Waals surface area contributed by atoms with E-state index in [1.54, 1.807) is 0 Å². The van der Waals surface area contributed by atoms with E-state index in [-0.39, 0.29) is 11.5 Å². The molecule has 30 heavy (non-hydrogen) atoms. The van der Waals surface area contributed by atoms with Crippen molar-refractivity contribution in [1.82, 2.24) is 15.5 Å². The lowest BCUT2D eigenvalue weighted by Crippen LogP contribution is -2.45. The number of benzene rings is 1. The van der Waals surface area contributed by atoms with E-state index in [1.165, 1.54) is 19.9 Å². The lowest BCUT2D eigenvalue weighted by Gasteiger charge is -2.32. The highest BCUT2D eigenvalue weighted by Crippen LogP contribution is 2.29. The molecule has 0 radical (unpaired) electrons. The molecule has 0 bridgehead atoms. The molecule has 1 aromatic rings. The molecule has 1 aliphatic rings. The molecule has 0 aromatic heterocycles. The first-order chi connectivity index (χ1) is 13.9. The summed E-state index contributed by atoms with van der Waals surface area (Å²) in [6.07, 6.45) is -2.87. The van der Waals surface area contributed by atoms with Gasteiger partial charge in [0.05, 0.1) is 5.56 Å². The Bertz CT molecular complexity index is 757. The molecule has 2 amide bonds. The number of carbonyl (C=O) groups is 2. The second-order valence-corrected chi connectivity index (χ2v) is 8.73. The minimum Gasteiger partial charge on any atom is -0.352 e. The van der Waals surface area contributed by atoms with Crippen LogP contribution in [0.25, 0.3) is 0 Å². The molecular weight excluding hydrogens is 421 g/mol. The smallest absolute Gasteiger partial charge is 0.352 e. The molecule has 0 spiro atoms. The van der Waals surface area contributed by atoms with E-state index in [0.717, 1.165) is 38.1 Å². The number of nitrogens with one attached hydrogen (secondary N) is 2. The molecule has 1 unspecified atom stereocenters. The van der Waals surface area contributed by atoms with Gasteiger partial charge in [0.1, 0.15) is 0 Å². The van der Waals surface area contributed by atoms with Gasteiger partial charge in [0.15, 0.2) is 5.67 Å². The average molecular weight is 449 g/mol. The largest absolute Gasteiger partial charge is 0.416 e. The zero-order chi connectivity index (χ0) is 22.5. The Morgan fingerprint density at radius 1 is 1.10 bits per heavy atom. The number of hydrogen-bond donors (Lipinski definition) is 2.